The Balaban J connectivity index is 1.48. The second-order valence-electron chi connectivity index (χ2n) is 6.08. The Labute approximate surface area is 134 Å². The first-order valence-corrected chi connectivity index (χ1v) is 8.75. The van der Waals surface area contributed by atoms with E-state index in [0.717, 1.165) is 29.4 Å². The maximum absolute atomic E-state index is 6.00. The van der Waals surface area contributed by atoms with E-state index >= 15 is 0 Å². The molecule has 0 aliphatic carbocycles. The van der Waals surface area contributed by atoms with Gasteiger partial charge in [-0.2, -0.15) is 0 Å². The van der Waals surface area contributed by atoms with Crippen LogP contribution in [0.2, 0.25) is 5.02 Å². The maximum Gasteiger partial charge on any atom is 0.119 e. The van der Waals surface area contributed by atoms with Gasteiger partial charge in [-0.25, -0.2) is 0 Å². The number of piperidine rings is 1. The lowest BCUT2D eigenvalue weighted by Crippen LogP contribution is -2.30. The highest BCUT2D eigenvalue weighted by Crippen LogP contribution is 2.21. The molecule has 0 saturated carbocycles. The standard InChI is InChI=1S/C18H28ClNO/c1-16-15-17(9-10-18(16)19)21-14-8-3-2-5-11-20-12-6-4-7-13-20/h9-10,15H,2-8,11-14H2,1H3. The van der Waals surface area contributed by atoms with Crippen LogP contribution in [0.1, 0.15) is 50.5 Å². The molecule has 0 atom stereocenters. The van der Waals surface area contributed by atoms with Crippen LogP contribution in [0.5, 0.6) is 5.75 Å². The minimum Gasteiger partial charge on any atom is -0.494 e. The minimum absolute atomic E-state index is 0.806. The second kappa shape index (κ2) is 9.32. The molecule has 2 nitrogen and oxygen atoms in total. The molecule has 1 heterocycles. The van der Waals surface area contributed by atoms with Crippen molar-refractivity contribution < 1.29 is 4.74 Å². The van der Waals surface area contributed by atoms with Crippen molar-refractivity contribution >= 4 is 11.6 Å². The molecule has 0 amide bonds. The smallest absolute Gasteiger partial charge is 0.119 e. The minimum atomic E-state index is 0.806. The van der Waals surface area contributed by atoms with Gasteiger partial charge in [0, 0.05) is 5.02 Å². The zero-order valence-electron chi connectivity index (χ0n) is 13.2. The zero-order valence-corrected chi connectivity index (χ0v) is 14.0. The van der Waals surface area contributed by atoms with Gasteiger partial charge in [-0.05, 0) is 76.0 Å². The average molecular weight is 310 g/mol. The van der Waals surface area contributed by atoms with Crippen LogP contribution >= 0.6 is 11.6 Å². The lowest BCUT2D eigenvalue weighted by Gasteiger charge is -2.26. The van der Waals surface area contributed by atoms with Gasteiger partial charge in [0.05, 0.1) is 6.61 Å². The fraction of sp³-hybridized carbons (Fsp3) is 0.667. The number of rotatable bonds is 8. The number of benzene rings is 1. The molecule has 2 rings (SSSR count). The molecule has 0 radical (unpaired) electrons. The summed E-state index contributed by atoms with van der Waals surface area (Å²) in [6.07, 6.45) is 9.28. The van der Waals surface area contributed by atoms with E-state index in [9.17, 15) is 0 Å². The molecule has 0 aromatic heterocycles. The number of hydrogen-bond donors (Lipinski definition) is 0. The normalized spacial score (nSPS) is 16.1. The fourth-order valence-electron chi connectivity index (χ4n) is 2.87. The Kier molecular flexibility index (Phi) is 7.38. The summed E-state index contributed by atoms with van der Waals surface area (Å²) in [5.41, 5.74) is 1.08. The molecule has 1 fully saturated rings. The van der Waals surface area contributed by atoms with Crippen LogP contribution in [-0.2, 0) is 0 Å². The van der Waals surface area contributed by atoms with Crippen LogP contribution in [0.25, 0.3) is 0 Å². The van der Waals surface area contributed by atoms with Crippen molar-refractivity contribution in [2.45, 2.75) is 51.9 Å². The Morgan fingerprint density at radius 3 is 2.57 bits per heavy atom. The Morgan fingerprint density at radius 2 is 1.81 bits per heavy atom. The molecule has 0 bridgehead atoms. The van der Waals surface area contributed by atoms with E-state index in [1.54, 1.807) is 0 Å². The molecular formula is C18H28ClNO. The predicted molar refractivity (Wildman–Crippen MR) is 90.4 cm³/mol. The van der Waals surface area contributed by atoms with Crippen molar-refractivity contribution in [2.75, 3.05) is 26.2 Å². The highest BCUT2D eigenvalue weighted by atomic mass is 35.5. The van der Waals surface area contributed by atoms with Crippen molar-refractivity contribution in [1.82, 2.24) is 4.90 Å². The molecule has 0 unspecified atom stereocenters. The Hall–Kier alpha value is -0.730. The van der Waals surface area contributed by atoms with Gasteiger partial charge in [0.1, 0.15) is 5.75 Å². The van der Waals surface area contributed by atoms with E-state index in [-0.39, 0.29) is 0 Å². The lowest BCUT2D eigenvalue weighted by molar-refractivity contribution is 0.223. The second-order valence-corrected chi connectivity index (χ2v) is 6.48. The molecular weight excluding hydrogens is 282 g/mol. The number of aryl methyl sites for hydroxylation is 1. The van der Waals surface area contributed by atoms with Gasteiger partial charge in [0.25, 0.3) is 0 Å². The highest BCUT2D eigenvalue weighted by Gasteiger charge is 2.08. The van der Waals surface area contributed by atoms with Crippen molar-refractivity contribution in [3.05, 3.63) is 28.8 Å². The van der Waals surface area contributed by atoms with Crippen molar-refractivity contribution in [3.8, 4) is 5.75 Å². The summed E-state index contributed by atoms with van der Waals surface area (Å²) in [6.45, 7) is 6.75. The monoisotopic (exact) mass is 309 g/mol. The van der Waals surface area contributed by atoms with Crippen LogP contribution in [0, 0.1) is 6.92 Å². The van der Waals surface area contributed by atoms with Gasteiger partial charge in [0.15, 0.2) is 0 Å². The third-order valence-corrected chi connectivity index (χ3v) is 4.64. The Bertz CT molecular complexity index is 416. The number of halogens is 1. The molecule has 118 valence electrons. The topological polar surface area (TPSA) is 12.5 Å². The van der Waals surface area contributed by atoms with E-state index < -0.39 is 0 Å². The van der Waals surface area contributed by atoms with Gasteiger partial charge in [-0.1, -0.05) is 30.9 Å². The number of hydrogen-bond acceptors (Lipinski definition) is 2. The maximum atomic E-state index is 6.00. The van der Waals surface area contributed by atoms with Crippen molar-refractivity contribution in [1.29, 1.82) is 0 Å². The van der Waals surface area contributed by atoms with Gasteiger partial charge in [0.2, 0.25) is 0 Å². The van der Waals surface area contributed by atoms with Crippen LogP contribution in [-0.4, -0.2) is 31.1 Å². The molecule has 3 heteroatoms. The summed E-state index contributed by atoms with van der Waals surface area (Å²) in [4.78, 5) is 2.62. The number of likely N-dealkylation sites (tertiary alicyclic amines) is 1. The van der Waals surface area contributed by atoms with E-state index in [2.05, 4.69) is 4.90 Å². The average Bonchev–Trinajstić information content (AvgIpc) is 2.51. The first-order chi connectivity index (χ1) is 10.3. The van der Waals surface area contributed by atoms with E-state index in [0.29, 0.717) is 0 Å². The third-order valence-electron chi connectivity index (χ3n) is 4.22. The summed E-state index contributed by atoms with van der Waals surface area (Å²) in [5, 5.41) is 0.806. The largest absolute Gasteiger partial charge is 0.494 e. The molecule has 1 aromatic rings. The van der Waals surface area contributed by atoms with Crippen LogP contribution < -0.4 is 4.74 Å². The summed E-state index contributed by atoms with van der Waals surface area (Å²) < 4.78 is 5.77. The quantitative estimate of drug-likeness (QED) is 0.621. The predicted octanol–water partition coefficient (Wildman–Crippen LogP) is 5.07. The van der Waals surface area contributed by atoms with Crippen LogP contribution in [0.15, 0.2) is 18.2 Å². The summed E-state index contributed by atoms with van der Waals surface area (Å²) in [6, 6.07) is 5.87. The van der Waals surface area contributed by atoms with Crippen molar-refractivity contribution in [2.24, 2.45) is 0 Å². The molecule has 0 spiro atoms. The van der Waals surface area contributed by atoms with Gasteiger partial charge in [-0.3, -0.25) is 0 Å². The van der Waals surface area contributed by atoms with Gasteiger partial charge < -0.3 is 9.64 Å². The van der Waals surface area contributed by atoms with E-state index in [4.69, 9.17) is 16.3 Å². The highest BCUT2D eigenvalue weighted by molar-refractivity contribution is 6.31. The molecule has 1 aliphatic heterocycles. The SMILES string of the molecule is Cc1cc(OCCCCCCN2CCCCC2)ccc1Cl. The van der Waals surface area contributed by atoms with Gasteiger partial charge >= 0.3 is 0 Å². The van der Waals surface area contributed by atoms with E-state index in [1.165, 1.54) is 58.2 Å². The number of ether oxygens (including phenoxy) is 1. The third kappa shape index (κ3) is 6.27. The van der Waals surface area contributed by atoms with Crippen LogP contribution in [0.4, 0.5) is 0 Å². The number of unbranched alkanes of at least 4 members (excludes halogenated alkanes) is 3. The molecule has 1 aromatic carbocycles. The summed E-state index contributed by atoms with van der Waals surface area (Å²) in [7, 11) is 0. The fourth-order valence-corrected chi connectivity index (χ4v) is 2.99. The lowest BCUT2D eigenvalue weighted by atomic mass is 10.1. The molecule has 21 heavy (non-hydrogen) atoms. The zero-order chi connectivity index (χ0) is 14.9. The molecule has 0 N–H and O–H groups in total. The molecule has 1 saturated heterocycles. The first kappa shape index (κ1) is 16.6. The summed E-state index contributed by atoms with van der Waals surface area (Å²) in [5.74, 6) is 0.935. The first-order valence-electron chi connectivity index (χ1n) is 8.37. The molecule has 1 aliphatic rings. The van der Waals surface area contributed by atoms with Crippen molar-refractivity contribution in [3.63, 3.8) is 0 Å². The van der Waals surface area contributed by atoms with Crippen LogP contribution in [0.3, 0.4) is 0 Å². The van der Waals surface area contributed by atoms with E-state index in [1.807, 2.05) is 25.1 Å². The van der Waals surface area contributed by atoms with Gasteiger partial charge in [-0.15, -0.1) is 0 Å². The number of nitrogens with zero attached hydrogens (tertiary/aromatic N) is 1. The summed E-state index contributed by atoms with van der Waals surface area (Å²) >= 11 is 6.00. The Morgan fingerprint density at radius 1 is 1.05 bits per heavy atom.